The minimum Gasteiger partial charge on any atom is -0.300 e. The van der Waals surface area contributed by atoms with Gasteiger partial charge in [0, 0.05) is 11.7 Å². The summed E-state index contributed by atoms with van der Waals surface area (Å²) in [5.41, 5.74) is 1.00. The van der Waals surface area contributed by atoms with Crippen molar-refractivity contribution in [2.75, 3.05) is 11.1 Å². The Morgan fingerprint density at radius 2 is 1.96 bits per heavy atom. The van der Waals surface area contributed by atoms with Crippen LogP contribution in [0.4, 0.5) is 9.52 Å². The first kappa shape index (κ1) is 17.4. The van der Waals surface area contributed by atoms with Gasteiger partial charge in [-0.25, -0.2) is 4.39 Å². The van der Waals surface area contributed by atoms with Crippen LogP contribution >= 0.6 is 23.1 Å². The molecule has 128 valence electrons. The molecule has 1 saturated carbocycles. The van der Waals surface area contributed by atoms with E-state index in [1.807, 2.05) is 0 Å². The quantitative estimate of drug-likeness (QED) is 0.813. The predicted octanol–water partition coefficient (Wildman–Crippen LogP) is 4.60. The zero-order valence-corrected chi connectivity index (χ0v) is 15.0. The molecule has 0 aliphatic heterocycles. The normalized spacial score (nSPS) is 15.4. The van der Waals surface area contributed by atoms with Gasteiger partial charge in [-0.2, -0.15) is 0 Å². The lowest BCUT2D eigenvalue weighted by Crippen LogP contribution is -2.14. The lowest BCUT2D eigenvalue weighted by Gasteiger charge is -2.18. The Labute approximate surface area is 149 Å². The molecule has 0 bridgehead atoms. The number of hydrogen-bond donors (Lipinski definition) is 1. The summed E-state index contributed by atoms with van der Waals surface area (Å²) in [6, 6.07) is 6.34. The van der Waals surface area contributed by atoms with Gasteiger partial charge in [-0.15, -0.1) is 22.0 Å². The van der Waals surface area contributed by atoms with Crippen LogP contribution in [0, 0.1) is 5.82 Å². The van der Waals surface area contributed by atoms with Gasteiger partial charge in [0.2, 0.25) is 11.0 Å². The number of rotatable bonds is 6. The Balaban J connectivity index is 1.43. The first-order valence-corrected chi connectivity index (χ1v) is 10.1. The molecule has 0 unspecified atom stereocenters. The van der Waals surface area contributed by atoms with Gasteiger partial charge in [0.1, 0.15) is 10.8 Å². The molecule has 2 aromatic rings. The van der Waals surface area contributed by atoms with Crippen molar-refractivity contribution in [1.29, 1.82) is 0 Å². The Bertz CT molecular complexity index is 669. The molecule has 1 fully saturated rings. The van der Waals surface area contributed by atoms with Crippen molar-refractivity contribution in [1.82, 2.24) is 10.2 Å². The molecule has 1 aliphatic carbocycles. The number of benzene rings is 1. The molecule has 0 radical (unpaired) electrons. The van der Waals surface area contributed by atoms with E-state index in [1.165, 1.54) is 67.3 Å². The molecule has 1 aromatic carbocycles. The molecule has 0 spiro atoms. The zero-order valence-electron chi connectivity index (χ0n) is 13.3. The minimum absolute atomic E-state index is 0.0755. The second-order valence-corrected chi connectivity index (χ2v) is 7.94. The maximum atomic E-state index is 12.8. The highest BCUT2D eigenvalue weighted by Gasteiger charge is 2.20. The number of carbonyl (C=O) groups excluding carboxylic acids is 1. The summed E-state index contributed by atoms with van der Waals surface area (Å²) >= 11 is 2.99. The summed E-state index contributed by atoms with van der Waals surface area (Å²) in [6.45, 7) is 0. The standard InChI is InChI=1S/C17H20FN3OS2/c18-14-8-6-12(7-9-14)10-23-11-15(22)19-17-21-20-16(24-17)13-4-2-1-3-5-13/h6-9,13H,1-5,10-11H2,(H,19,21,22). The topological polar surface area (TPSA) is 54.9 Å². The smallest absolute Gasteiger partial charge is 0.236 e. The first-order chi connectivity index (χ1) is 11.7. The third kappa shape index (κ3) is 5.01. The number of hydrogen-bond acceptors (Lipinski definition) is 5. The molecule has 24 heavy (non-hydrogen) atoms. The predicted molar refractivity (Wildman–Crippen MR) is 96.9 cm³/mol. The van der Waals surface area contributed by atoms with Gasteiger partial charge in [0.05, 0.1) is 5.75 Å². The van der Waals surface area contributed by atoms with Gasteiger partial charge in [-0.05, 0) is 30.5 Å². The average molecular weight is 365 g/mol. The van der Waals surface area contributed by atoms with Crippen molar-refractivity contribution in [3.05, 3.63) is 40.7 Å². The van der Waals surface area contributed by atoms with Crippen molar-refractivity contribution in [2.24, 2.45) is 0 Å². The van der Waals surface area contributed by atoms with Gasteiger partial charge < -0.3 is 0 Å². The molecule has 1 amide bonds. The largest absolute Gasteiger partial charge is 0.300 e. The second kappa shape index (κ2) is 8.58. The van der Waals surface area contributed by atoms with E-state index in [2.05, 4.69) is 15.5 Å². The molecular weight excluding hydrogens is 345 g/mol. The maximum absolute atomic E-state index is 12.8. The van der Waals surface area contributed by atoms with Crippen LogP contribution in [0.15, 0.2) is 24.3 Å². The zero-order chi connectivity index (χ0) is 16.8. The Hall–Kier alpha value is -1.47. The number of aromatic nitrogens is 2. The van der Waals surface area contributed by atoms with Crippen LogP contribution < -0.4 is 5.32 Å². The van der Waals surface area contributed by atoms with E-state index in [9.17, 15) is 9.18 Å². The number of carbonyl (C=O) groups is 1. The average Bonchev–Trinajstić information content (AvgIpc) is 3.06. The van der Waals surface area contributed by atoms with E-state index in [0.717, 1.165) is 10.6 Å². The van der Waals surface area contributed by atoms with Crippen molar-refractivity contribution in [3.8, 4) is 0 Å². The molecule has 1 N–H and O–H groups in total. The van der Waals surface area contributed by atoms with E-state index in [4.69, 9.17) is 0 Å². The Morgan fingerprint density at radius 3 is 2.71 bits per heavy atom. The highest BCUT2D eigenvalue weighted by Crippen LogP contribution is 2.35. The molecular formula is C17H20FN3OS2. The van der Waals surface area contributed by atoms with Crippen LogP contribution in [-0.2, 0) is 10.5 Å². The molecule has 1 aliphatic rings. The highest BCUT2D eigenvalue weighted by molar-refractivity contribution is 7.99. The van der Waals surface area contributed by atoms with E-state index >= 15 is 0 Å². The lowest BCUT2D eigenvalue weighted by atomic mass is 9.90. The van der Waals surface area contributed by atoms with Crippen molar-refractivity contribution < 1.29 is 9.18 Å². The molecule has 1 heterocycles. The van der Waals surface area contributed by atoms with Gasteiger partial charge >= 0.3 is 0 Å². The van der Waals surface area contributed by atoms with E-state index in [1.54, 1.807) is 12.1 Å². The van der Waals surface area contributed by atoms with Gasteiger partial charge in [0.25, 0.3) is 0 Å². The summed E-state index contributed by atoms with van der Waals surface area (Å²) in [6.07, 6.45) is 6.17. The van der Waals surface area contributed by atoms with Crippen LogP contribution in [-0.4, -0.2) is 21.9 Å². The number of nitrogens with one attached hydrogen (secondary N) is 1. The van der Waals surface area contributed by atoms with Crippen LogP contribution in [0.5, 0.6) is 0 Å². The van der Waals surface area contributed by atoms with Gasteiger partial charge in [-0.1, -0.05) is 42.7 Å². The Kier molecular flexibility index (Phi) is 6.20. The molecule has 7 heteroatoms. The van der Waals surface area contributed by atoms with Crippen LogP contribution in [0.2, 0.25) is 0 Å². The van der Waals surface area contributed by atoms with Gasteiger partial charge in [-0.3, -0.25) is 10.1 Å². The number of thioether (sulfide) groups is 1. The monoisotopic (exact) mass is 365 g/mol. The first-order valence-electron chi connectivity index (χ1n) is 8.16. The maximum Gasteiger partial charge on any atom is 0.236 e. The van der Waals surface area contributed by atoms with Gasteiger partial charge in [0.15, 0.2) is 0 Å². The summed E-state index contributed by atoms with van der Waals surface area (Å²) in [5.74, 6) is 1.21. The fourth-order valence-electron chi connectivity index (χ4n) is 2.80. The lowest BCUT2D eigenvalue weighted by molar-refractivity contribution is -0.113. The highest BCUT2D eigenvalue weighted by atomic mass is 32.2. The van der Waals surface area contributed by atoms with E-state index in [0.29, 0.717) is 22.6 Å². The SMILES string of the molecule is O=C(CSCc1ccc(F)cc1)Nc1nnc(C2CCCCC2)s1. The summed E-state index contributed by atoms with van der Waals surface area (Å²) in [4.78, 5) is 12.0. The number of halogens is 1. The van der Waals surface area contributed by atoms with Crippen molar-refractivity contribution in [3.63, 3.8) is 0 Å². The Morgan fingerprint density at radius 1 is 1.21 bits per heavy atom. The summed E-state index contributed by atoms with van der Waals surface area (Å²) < 4.78 is 12.8. The molecule has 0 saturated heterocycles. The molecule has 0 atom stereocenters. The minimum atomic E-state index is -0.244. The number of amides is 1. The van der Waals surface area contributed by atoms with Crippen LogP contribution in [0.25, 0.3) is 0 Å². The van der Waals surface area contributed by atoms with Crippen LogP contribution in [0.1, 0.15) is 48.6 Å². The summed E-state index contributed by atoms with van der Waals surface area (Å²) in [7, 11) is 0. The van der Waals surface area contributed by atoms with Crippen molar-refractivity contribution >= 4 is 34.1 Å². The molecule has 1 aromatic heterocycles. The number of nitrogens with zero attached hydrogens (tertiary/aromatic N) is 2. The third-order valence-corrected chi connectivity index (χ3v) is 6.06. The molecule has 3 rings (SSSR count). The molecule has 4 nitrogen and oxygen atoms in total. The second-order valence-electron chi connectivity index (χ2n) is 5.95. The fourth-order valence-corrected chi connectivity index (χ4v) is 4.51. The van der Waals surface area contributed by atoms with Crippen molar-refractivity contribution in [2.45, 2.75) is 43.8 Å². The van der Waals surface area contributed by atoms with Crippen LogP contribution in [0.3, 0.4) is 0 Å². The van der Waals surface area contributed by atoms with E-state index < -0.39 is 0 Å². The summed E-state index contributed by atoms with van der Waals surface area (Å²) in [5, 5.41) is 12.8. The third-order valence-electron chi connectivity index (χ3n) is 4.06. The van der Waals surface area contributed by atoms with E-state index in [-0.39, 0.29) is 11.7 Å². The number of anilines is 1. The fraction of sp³-hybridized carbons (Fsp3) is 0.471.